The summed E-state index contributed by atoms with van der Waals surface area (Å²) in [4.78, 5) is 9.25. The fraction of sp³-hybridized carbons (Fsp3) is 0.800. The molecule has 1 aromatic rings. The summed E-state index contributed by atoms with van der Waals surface area (Å²) in [5.41, 5.74) is 0. The summed E-state index contributed by atoms with van der Waals surface area (Å²) < 4.78 is 47.1. The van der Waals surface area contributed by atoms with Gasteiger partial charge in [0.2, 0.25) is 6.29 Å². The summed E-state index contributed by atoms with van der Waals surface area (Å²) in [5.74, 6) is -0.391. The number of para-hydroxylation sites is 1. The van der Waals surface area contributed by atoms with Gasteiger partial charge in [0.15, 0.2) is 0 Å². The van der Waals surface area contributed by atoms with Crippen molar-refractivity contribution < 1.29 is 149 Å². The largest absolute Gasteiger partial charge is 0.478 e. The predicted molar refractivity (Wildman–Crippen MR) is 269 cm³/mol. The summed E-state index contributed by atoms with van der Waals surface area (Å²) in [6, 6.07) is 8.99. The zero-order valence-corrected chi connectivity index (χ0v) is 43.5. The standard InChI is InChI=1S/C10H14O4.8C4H10O3.C3H4O2/c11-6-7-13-8-10(12)14-9-4-2-1-3-5-9;8*5-1-3-7-4-2-6;1-2-3(4)5/h1-5,10-12H,6-8H2;8*5-6H,1-4H2;2H,1H2,(H,4,5). The fourth-order valence-electron chi connectivity index (χ4n) is 2.79. The van der Waals surface area contributed by atoms with Crippen molar-refractivity contribution in [1.29, 1.82) is 0 Å². The van der Waals surface area contributed by atoms with E-state index >= 15 is 0 Å². The average Bonchev–Trinajstić information content (AvgIpc) is 3.42. The molecule has 0 aliphatic rings. The van der Waals surface area contributed by atoms with E-state index in [0.29, 0.717) is 111 Å². The number of aliphatic hydroxyl groups is 18. The Morgan fingerprint density at radius 3 is 0.653 bits per heavy atom. The predicted octanol–water partition coefficient (Wildman–Crippen LogP) is -7.45. The van der Waals surface area contributed by atoms with E-state index in [9.17, 15) is 9.90 Å². The van der Waals surface area contributed by atoms with Gasteiger partial charge < -0.3 is 144 Å². The number of hydrogen-bond acceptors (Lipinski definition) is 29. The van der Waals surface area contributed by atoms with Crippen LogP contribution in [0.1, 0.15) is 0 Å². The number of carbonyl (C=O) groups is 1. The maximum atomic E-state index is 9.30. The Balaban J connectivity index is -0.0000000936. The number of carboxylic acid groups (broad SMARTS) is 1. The molecule has 458 valence electrons. The molecule has 0 heterocycles. The Bertz CT molecular complexity index is 832. The highest BCUT2D eigenvalue weighted by molar-refractivity contribution is 5.78. The minimum Gasteiger partial charge on any atom is -0.478 e. The van der Waals surface area contributed by atoms with E-state index in [4.69, 9.17) is 101 Å². The molecule has 0 aliphatic heterocycles. The van der Waals surface area contributed by atoms with Crippen LogP contribution in [0.5, 0.6) is 5.75 Å². The second-order valence-electron chi connectivity index (χ2n) is 11.7. The van der Waals surface area contributed by atoms with Gasteiger partial charge in [-0.05, 0) is 12.1 Å². The molecule has 0 saturated carbocycles. The SMILES string of the molecule is C=CC(=O)O.OCCOCC(O)Oc1ccccc1.OCCOCCO.OCCOCCO.OCCOCCO.OCCOCCO.OCCOCCO.OCCOCCO.OCCOCCO.OCCOCCO. The Morgan fingerprint density at radius 1 is 0.347 bits per heavy atom. The third-order valence-electron chi connectivity index (χ3n) is 5.46. The fourth-order valence-corrected chi connectivity index (χ4v) is 2.79. The molecule has 1 rings (SSSR count). The third kappa shape index (κ3) is 147. The molecule has 0 bridgehead atoms. The van der Waals surface area contributed by atoms with Crippen molar-refractivity contribution in [3.63, 3.8) is 0 Å². The van der Waals surface area contributed by atoms with E-state index in [1.54, 1.807) is 12.1 Å². The minimum atomic E-state index is -0.996. The highest BCUT2D eigenvalue weighted by Crippen LogP contribution is 2.09. The first-order valence-corrected chi connectivity index (χ1v) is 23.2. The number of aliphatic hydroxyl groups excluding tert-OH is 18. The molecule has 0 spiro atoms. The van der Waals surface area contributed by atoms with Gasteiger partial charge in [0, 0.05) is 6.08 Å². The Hall–Kier alpha value is -2.85. The molecule has 30 nitrogen and oxygen atoms in total. The normalized spacial score (nSPS) is 9.79. The highest BCUT2D eigenvalue weighted by Gasteiger charge is 2.04. The lowest BCUT2D eigenvalue weighted by molar-refractivity contribution is -0.131. The summed E-state index contributed by atoms with van der Waals surface area (Å²) in [7, 11) is 0. The zero-order chi connectivity index (χ0) is 58.8. The molecule has 30 heteroatoms. The van der Waals surface area contributed by atoms with Gasteiger partial charge in [-0.2, -0.15) is 0 Å². The number of hydrogen-bond donors (Lipinski definition) is 19. The van der Waals surface area contributed by atoms with E-state index in [0.717, 1.165) is 6.08 Å². The van der Waals surface area contributed by atoms with Gasteiger partial charge in [-0.15, -0.1) is 0 Å². The topological polar surface area (TPSA) is 494 Å². The molecule has 0 amide bonds. The first kappa shape index (κ1) is 91.6. The van der Waals surface area contributed by atoms with Gasteiger partial charge in [-0.25, -0.2) is 4.79 Å². The molecule has 75 heavy (non-hydrogen) atoms. The monoisotopic (exact) mass is 1120 g/mol. The molecule has 1 unspecified atom stereocenters. The first-order chi connectivity index (χ1) is 36.4. The number of aliphatic carboxylic acids is 1. The molecular weight excluding hydrogens is 1020 g/mol. The lowest BCUT2D eigenvalue weighted by Gasteiger charge is -2.12. The lowest BCUT2D eigenvalue weighted by atomic mass is 10.3. The van der Waals surface area contributed by atoms with E-state index in [2.05, 4.69) is 44.5 Å². The van der Waals surface area contributed by atoms with Crippen LogP contribution < -0.4 is 4.74 Å². The van der Waals surface area contributed by atoms with Gasteiger partial charge >= 0.3 is 5.97 Å². The van der Waals surface area contributed by atoms with Crippen LogP contribution in [0.15, 0.2) is 43.0 Å². The number of ether oxygens (including phenoxy) is 10. The van der Waals surface area contributed by atoms with Crippen LogP contribution in [0.3, 0.4) is 0 Å². The number of benzene rings is 1. The van der Waals surface area contributed by atoms with Gasteiger partial charge in [0.1, 0.15) is 12.4 Å². The molecule has 0 saturated heterocycles. The zero-order valence-electron chi connectivity index (χ0n) is 43.5. The summed E-state index contributed by atoms with van der Waals surface area (Å²) in [6.45, 7) is 8.72. The molecular formula is C45H98O30. The molecule has 1 atom stereocenters. The molecule has 0 aromatic heterocycles. The molecule has 1 aromatic carbocycles. The van der Waals surface area contributed by atoms with Crippen LogP contribution >= 0.6 is 0 Å². The van der Waals surface area contributed by atoms with Crippen molar-refractivity contribution in [2.45, 2.75) is 6.29 Å². The van der Waals surface area contributed by atoms with Crippen molar-refractivity contribution in [1.82, 2.24) is 0 Å². The van der Waals surface area contributed by atoms with Crippen molar-refractivity contribution in [3.05, 3.63) is 43.0 Å². The second-order valence-corrected chi connectivity index (χ2v) is 11.7. The first-order valence-electron chi connectivity index (χ1n) is 23.2. The van der Waals surface area contributed by atoms with E-state index < -0.39 is 12.3 Å². The second kappa shape index (κ2) is 107. The third-order valence-corrected chi connectivity index (χ3v) is 5.46. The van der Waals surface area contributed by atoms with E-state index in [1.807, 2.05) is 18.2 Å². The maximum absolute atomic E-state index is 9.30. The quantitative estimate of drug-likeness (QED) is 0.0165. The van der Waals surface area contributed by atoms with E-state index in [-0.39, 0.29) is 126 Å². The van der Waals surface area contributed by atoms with Gasteiger partial charge in [0.25, 0.3) is 0 Å². The Morgan fingerprint density at radius 2 is 0.507 bits per heavy atom. The molecule has 0 fully saturated rings. The Kier molecular flexibility index (Phi) is 131. The smallest absolute Gasteiger partial charge is 0.327 e. The summed E-state index contributed by atoms with van der Waals surface area (Å²) in [5, 5.41) is 155. The van der Waals surface area contributed by atoms with Crippen LogP contribution in [0.2, 0.25) is 0 Å². The van der Waals surface area contributed by atoms with Crippen molar-refractivity contribution in [2.24, 2.45) is 0 Å². The summed E-state index contributed by atoms with van der Waals surface area (Å²) >= 11 is 0. The molecule has 19 N–H and O–H groups in total. The van der Waals surface area contributed by atoms with Crippen LogP contribution in [-0.2, 0) is 47.4 Å². The average molecular weight is 1120 g/mol. The van der Waals surface area contributed by atoms with Crippen LogP contribution in [0.4, 0.5) is 0 Å². The van der Waals surface area contributed by atoms with Crippen molar-refractivity contribution in [3.8, 4) is 5.75 Å². The van der Waals surface area contributed by atoms with Crippen molar-refractivity contribution >= 4 is 5.97 Å². The molecule has 0 aliphatic carbocycles. The lowest BCUT2D eigenvalue weighted by Crippen LogP contribution is -2.23. The van der Waals surface area contributed by atoms with Gasteiger partial charge in [-0.3, -0.25) is 0 Å². The van der Waals surface area contributed by atoms with Gasteiger partial charge in [-0.1, -0.05) is 24.8 Å². The number of rotatable bonds is 39. The highest BCUT2D eigenvalue weighted by atomic mass is 16.6. The van der Waals surface area contributed by atoms with Crippen LogP contribution in [0.25, 0.3) is 0 Å². The molecule has 0 radical (unpaired) electrons. The van der Waals surface area contributed by atoms with E-state index in [1.165, 1.54) is 0 Å². The van der Waals surface area contributed by atoms with Crippen molar-refractivity contribution in [2.75, 3.05) is 231 Å². The maximum Gasteiger partial charge on any atom is 0.327 e. The number of carboxylic acids is 1. The van der Waals surface area contributed by atoms with Gasteiger partial charge in [0.05, 0.1) is 225 Å². The summed E-state index contributed by atoms with van der Waals surface area (Å²) in [6.07, 6.45) is -0.163. The van der Waals surface area contributed by atoms with Crippen LogP contribution in [0, 0.1) is 0 Å². The minimum absolute atomic E-state index is 0.0278. The van der Waals surface area contributed by atoms with Crippen LogP contribution in [-0.4, -0.2) is 341 Å². The Labute approximate surface area is 440 Å².